The van der Waals surface area contributed by atoms with Gasteiger partial charge in [0, 0.05) is 25.5 Å². The van der Waals surface area contributed by atoms with Crippen molar-refractivity contribution in [3.8, 4) is 0 Å². The molecule has 3 aromatic heterocycles. The molecule has 0 saturated heterocycles. The Labute approximate surface area is 165 Å². The number of carbonyl (C=O) groups excluding carboxylic acids is 1. The van der Waals surface area contributed by atoms with Gasteiger partial charge in [0.1, 0.15) is 23.7 Å². The number of benzene rings is 1. The molecular weight excluding hydrogens is 375 g/mol. The number of hydrogen-bond donors (Lipinski definition) is 2. The van der Waals surface area contributed by atoms with Gasteiger partial charge < -0.3 is 10.6 Å². The molecule has 0 radical (unpaired) electrons. The predicted octanol–water partition coefficient (Wildman–Crippen LogP) is 1.80. The van der Waals surface area contributed by atoms with E-state index in [-0.39, 0.29) is 17.4 Å². The number of hydrogen-bond acceptors (Lipinski definition) is 7. The fraction of sp³-hybridized carbons (Fsp3) is 0.158. The fourth-order valence-corrected chi connectivity index (χ4v) is 2.77. The molecule has 2 N–H and O–H groups in total. The zero-order chi connectivity index (χ0) is 20.1. The van der Waals surface area contributed by atoms with E-state index in [4.69, 9.17) is 0 Å². The average molecular weight is 392 g/mol. The van der Waals surface area contributed by atoms with E-state index in [2.05, 4.69) is 35.7 Å². The largest absolute Gasteiger partial charge is 0.365 e. The zero-order valence-corrected chi connectivity index (χ0v) is 15.3. The van der Waals surface area contributed by atoms with Crippen LogP contribution in [0.25, 0.3) is 11.0 Å². The summed E-state index contributed by atoms with van der Waals surface area (Å²) in [5, 5.41) is 11.1. The van der Waals surface area contributed by atoms with Crippen molar-refractivity contribution < 1.29 is 9.18 Å². The van der Waals surface area contributed by atoms with E-state index in [1.807, 2.05) is 0 Å². The van der Waals surface area contributed by atoms with E-state index in [1.165, 1.54) is 37.1 Å². The Kier molecular flexibility index (Phi) is 5.32. The molecule has 3 heterocycles. The molecule has 29 heavy (non-hydrogen) atoms. The third-order valence-corrected chi connectivity index (χ3v) is 4.21. The summed E-state index contributed by atoms with van der Waals surface area (Å²) < 4.78 is 14.7. The SMILES string of the molecule is O=C(NCCn1ncc2c(NCc3ccc(F)cc3)ncnc21)c1cnccn1. The number of nitrogens with zero attached hydrogens (tertiary/aromatic N) is 6. The van der Waals surface area contributed by atoms with Crippen molar-refractivity contribution in [2.75, 3.05) is 11.9 Å². The van der Waals surface area contributed by atoms with E-state index in [1.54, 1.807) is 23.0 Å². The molecule has 10 heteroatoms. The van der Waals surface area contributed by atoms with Crippen LogP contribution in [0.1, 0.15) is 16.1 Å². The predicted molar refractivity (Wildman–Crippen MR) is 103 cm³/mol. The molecule has 4 aromatic rings. The Balaban J connectivity index is 1.40. The summed E-state index contributed by atoms with van der Waals surface area (Å²) in [4.78, 5) is 28.4. The Morgan fingerprint density at radius 1 is 1.07 bits per heavy atom. The van der Waals surface area contributed by atoms with Crippen LogP contribution in [0.2, 0.25) is 0 Å². The molecule has 0 saturated carbocycles. The standard InChI is InChI=1S/C19H17FN8O/c20-14-3-1-13(2-4-14)9-24-17-15-10-27-28(18(15)26-12-25-17)8-7-23-19(29)16-11-21-5-6-22-16/h1-6,10-12H,7-9H2,(H,23,29)(H,24,25,26). The monoisotopic (exact) mass is 392 g/mol. The normalized spacial score (nSPS) is 10.8. The van der Waals surface area contributed by atoms with Crippen LogP contribution in [-0.2, 0) is 13.1 Å². The van der Waals surface area contributed by atoms with E-state index in [0.29, 0.717) is 31.1 Å². The number of halogens is 1. The summed E-state index contributed by atoms with van der Waals surface area (Å²) in [6, 6.07) is 6.26. The van der Waals surface area contributed by atoms with Crippen LogP contribution >= 0.6 is 0 Å². The highest BCUT2D eigenvalue weighted by Gasteiger charge is 2.11. The summed E-state index contributed by atoms with van der Waals surface area (Å²) >= 11 is 0. The maximum atomic E-state index is 13.0. The van der Waals surface area contributed by atoms with Gasteiger partial charge in [-0.3, -0.25) is 9.78 Å². The van der Waals surface area contributed by atoms with Gasteiger partial charge in [0.05, 0.1) is 24.3 Å². The van der Waals surface area contributed by atoms with Gasteiger partial charge in [-0.05, 0) is 17.7 Å². The third-order valence-electron chi connectivity index (χ3n) is 4.21. The number of nitrogens with one attached hydrogen (secondary N) is 2. The number of anilines is 1. The average Bonchev–Trinajstić information content (AvgIpc) is 3.17. The molecule has 0 fully saturated rings. The van der Waals surface area contributed by atoms with Crippen molar-refractivity contribution in [2.45, 2.75) is 13.1 Å². The van der Waals surface area contributed by atoms with Gasteiger partial charge in [-0.15, -0.1) is 0 Å². The molecule has 1 amide bonds. The first-order valence-corrected chi connectivity index (χ1v) is 8.90. The van der Waals surface area contributed by atoms with E-state index in [0.717, 1.165) is 10.9 Å². The minimum atomic E-state index is -0.300. The highest BCUT2D eigenvalue weighted by atomic mass is 19.1. The summed E-state index contributed by atoms with van der Waals surface area (Å²) in [7, 11) is 0. The second-order valence-corrected chi connectivity index (χ2v) is 6.15. The van der Waals surface area contributed by atoms with Crippen LogP contribution in [0.15, 0.2) is 55.4 Å². The third kappa shape index (κ3) is 4.32. The Hall–Kier alpha value is -3.95. The highest BCUT2D eigenvalue weighted by molar-refractivity contribution is 5.91. The molecule has 0 atom stereocenters. The van der Waals surface area contributed by atoms with Gasteiger partial charge in [0.15, 0.2) is 5.65 Å². The number of aromatic nitrogens is 6. The summed E-state index contributed by atoms with van der Waals surface area (Å²) in [5.41, 5.74) is 1.83. The van der Waals surface area contributed by atoms with Crippen LogP contribution in [-0.4, -0.2) is 42.2 Å². The van der Waals surface area contributed by atoms with Crippen LogP contribution in [0.5, 0.6) is 0 Å². The summed E-state index contributed by atoms with van der Waals surface area (Å²) in [6.45, 7) is 1.28. The number of amides is 1. The van der Waals surface area contributed by atoms with Crippen molar-refractivity contribution in [2.24, 2.45) is 0 Å². The topological polar surface area (TPSA) is 111 Å². The Morgan fingerprint density at radius 3 is 2.72 bits per heavy atom. The second-order valence-electron chi connectivity index (χ2n) is 6.15. The quantitative estimate of drug-likeness (QED) is 0.493. The zero-order valence-electron chi connectivity index (χ0n) is 15.3. The lowest BCUT2D eigenvalue weighted by atomic mass is 10.2. The highest BCUT2D eigenvalue weighted by Crippen LogP contribution is 2.19. The van der Waals surface area contributed by atoms with E-state index < -0.39 is 0 Å². The van der Waals surface area contributed by atoms with Crippen molar-refractivity contribution in [1.82, 2.24) is 35.0 Å². The first kappa shape index (κ1) is 18.4. The lowest BCUT2D eigenvalue weighted by molar-refractivity contribution is 0.0946. The molecule has 0 unspecified atom stereocenters. The lowest BCUT2D eigenvalue weighted by Crippen LogP contribution is -2.28. The van der Waals surface area contributed by atoms with Gasteiger partial charge in [0.2, 0.25) is 0 Å². The Bertz CT molecular complexity index is 1110. The molecule has 146 valence electrons. The molecule has 4 rings (SSSR count). The van der Waals surface area contributed by atoms with Gasteiger partial charge in [-0.2, -0.15) is 5.10 Å². The van der Waals surface area contributed by atoms with Crippen LogP contribution < -0.4 is 10.6 Å². The Morgan fingerprint density at radius 2 is 1.93 bits per heavy atom. The van der Waals surface area contributed by atoms with Gasteiger partial charge in [-0.25, -0.2) is 24.0 Å². The smallest absolute Gasteiger partial charge is 0.271 e. The van der Waals surface area contributed by atoms with Gasteiger partial charge in [-0.1, -0.05) is 12.1 Å². The molecule has 0 bridgehead atoms. The number of carbonyl (C=O) groups is 1. The minimum absolute atomic E-state index is 0.257. The maximum absolute atomic E-state index is 13.0. The van der Waals surface area contributed by atoms with Gasteiger partial charge >= 0.3 is 0 Å². The van der Waals surface area contributed by atoms with Crippen molar-refractivity contribution in [3.63, 3.8) is 0 Å². The molecular formula is C19H17FN8O. The summed E-state index contributed by atoms with van der Waals surface area (Å²) in [5.74, 6) is 0.0610. The second kappa shape index (κ2) is 8.38. The van der Waals surface area contributed by atoms with Crippen LogP contribution in [0, 0.1) is 5.82 Å². The lowest BCUT2D eigenvalue weighted by Gasteiger charge is -2.08. The fourth-order valence-electron chi connectivity index (χ4n) is 2.77. The first-order valence-electron chi connectivity index (χ1n) is 8.90. The molecule has 0 aliphatic carbocycles. The summed E-state index contributed by atoms with van der Waals surface area (Å²) in [6.07, 6.45) is 7.50. The maximum Gasteiger partial charge on any atom is 0.271 e. The molecule has 0 spiro atoms. The van der Waals surface area contributed by atoms with E-state index >= 15 is 0 Å². The molecule has 0 aliphatic rings. The van der Waals surface area contributed by atoms with Gasteiger partial charge in [0.25, 0.3) is 5.91 Å². The number of fused-ring (bicyclic) bond motifs is 1. The molecule has 9 nitrogen and oxygen atoms in total. The molecule has 0 aliphatic heterocycles. The van der Waals surface area contributed by atoms with Crippen molar-refractivity contribution in [3.05, 3.63) is 72.5 Å². The van der Waals surface area contributed by atoms with Crippen LogP contribution in [0.3, 0.4) is 0 Å². The van der Waals surface area contributed by atoms with Crippen molar-refractivity contribution >= 4 is 22.8 Å². The first-order chi connectivity index (χ1) is 14.2. The van der Waals surface area contributed by atoms with Crippen LogP contribution in [0.4, 0.5) is 10.2 Å². The van der Waals surface area contributed by atoms with Crippen molar-refractivity contribution in [1.29, 1.82) is 0 Å². The number of rotatable bonds is 7. The molecule has 1 aromatic carbocycles. The minimum Gasteiger partial charge on any atom is -0.365 e. The van der Waals surface area contributed by atoms with E-state index in [9.17, 15) is 9.18 Å².